The molecular weight excluding hydrogens is 468 g/mol. The number of carbonyl (C=O) groups is 2. The van der Waals surface area contributed by atoms with Crippen molar-refractivity contribution in [3.63, 3.8) is 0 Å². The van der Waals surface area contributed by atoms with Crippen LogP contribution >= 0.6 is 0 Å². The fraction of sp³-hybridized carbons (Fsp3) is 0.552. The highest BCUT2D eigenvalue weighted by Gasteiger charge is 2.39. The zero-order valence-corrected chi connectivity index (χ0v) is 22.7. The van der Waals surface area contributed by atoms with Crippen LogP contribution in [-0.4, -0.2) is 49.2 Å². The molecule has 0 spiro atoms. The van der Waals surface area contributed by atoms with Gasteiger partial charge in [0, 0.05) is 24.9 Å². The predicted molar refractivity (Wildman–Crippen MR) is 142 cm³/mol. The molecule has 2 amide bonds. The molecule has 2 aliphatic carbocycles. The first-order chi connectivity index (χ1) is 17.4. The Morgan fingerprint density at radius 3 is 2.19 bits per heavy atom. The van der Waals surface area contributed by atoms with Crippen LogP contribution in [0.1, 0.15) is 84.9 Å². The van der Waals surface area contributed by atoms with E-state index in [0.717, 1.165) is 29.1 Å². The molecule has 0 radical (unpaired) electrons. The number of benzene rings is 1. The van der Waals surface area contributed by atoms with Gasteiger partial charge in [0.15, 0.2) is 0 Å². The standard InChI is InChI=1S/C29H38N4O4/c1-28(2,3)36-26(34)32(27(35)37-29(4,5)6)17-19-15-22(16-19)33-18-24(25(30-33)21-11-12-21)31-14-13-20-9-7-8-10-23(20)31/h7-10,13-14,18-19,21-22H,11-12,15-17H2,1-6H3. The molecule has 198 valence electrons. The quantitative estimate of drug-likeness (QED) is 0.379. The van der Waals surface area contributed by atoms with Gasteiger partial charge in [-0.15, -0.1) is 0 Å². The monoisotopic (exact) mass is 506 g/mol. The molecule has 2 saturated carbocycles. The number of imide groups is 1. The van der Waals surface area contributed by atoms with Crippen LogP contribution in [-0.2, 0) is 9.47 Å². The van der Waals surface area contributed by atoms with E-state index in [0.29, 0.717) is 5.92 Å². The SMILES string of the molecule is CC(C)(C)OC(=O)N(CC1CC(n2cc(-n3ccc4ccccc43)c(C3CC3)n2)C1)C(=O)OC(C)(C)C. The molecule has 0 saturated heterocycles. The van der Waals surface area contributed by atoms with E-state index < -0.39 is 23.4 Å². The lowest BCUT2D eigenvalue weighted by Crippen LogP contribution is -2.47. The number of ether oxygens (including phenoxy) is 2. The molecule has 8 nitrogen and oxygen atoms in total. The van der Waals surface area contributed by atoms with E-state index in [-0.39, 0.29) is 18.5 Å². The van der Waals surface area contributed by atoms with Crippen molar-refractivity contribution in [2.24, 2.45) is 5.92 Å². The summed E-state index contributed by atoms with van der Waals surface area (Å²) < 4.78 is 15.4. The summed E-state index contributed by atoms with van der Waals surface area (Å²) in [6, 6.07) is 10.8. The maximum atomic E-state index is 12.9. The van der Waals surface area contributed by atoms with E-state index >= 15 is 0 Å². The van der Waals surface area contributed by atoms with Crippen LogP contribution in [0.3, 0.4) is 0 Å². The summed E-state index contributed by atoms with van der Waals surface area (Å²) in [5.41, 5.74) is 2.09. The molecule has 0 atom stereocenters. The summed E-state index contributed by atoms with van der Waals surface area (Å²) in [6.07, 6.45) is 6.99. The molecule has 8 heteroatoms. The number of amides is 2. The van der Waals surface area contributed by atoms with Gasteiger partial charge in [0.25, 0.3) is 0 Å². The third-order valence-corrected chi connectivity index (χ3v) is 6.82. The molecule has 37 heavy (non-hydrogen) atoms. The molecule has 0 N–H and O–H groups in total. The number of para-hydroxylation sites is 1. The van der Waals surface area contributed by atoms with Crippen molar-refractivity contribution in [3.05, 3.63) is 48.4 Å². The molecule has 0 aliphatic heterocycles. The zero-order valence-electron chi connectivity index (χ0n) is 22.7. The Morgan fingerprint density at radius 1 is 0.973 bits per heavy atom. The maximum absolute atomic E-state index is 12.9. The van der Waals surface area contributed by atoms with Crippen molar-refractivity contribution in [1.82, 2.24) is 19.2 Å². The Hall–Kier alpha value is -3.29. The van der Waals surface area contributed by atoms with E-state index in [9.17, 15) is 9.59 Å². The van der Waals surface area contributed by atoms with E-state index in [1.807, 2.05) is 0 Å². The third kappa shape index (κ3) is 5.68. The van der Waals surface area contributed by atoms with Gasteiger partial charge in [-0.3, -0.25) is 4.68 Å². The highest BCUT2D eigenvalue weighted by molar-refractivity contribution is 5.88. The first-order valence-corrected chi connectivity index (χ1v) is 13.3. The van der Waals surface area contributed by atoms with Crippen molar-refractivity contribution in [2.45, 2.75) is 90.4 Å². The second kappa shape index (κ2) is 9.23. The fourth-order valence-electron chi connectivity index (χ4n) is 4.89. The molecule has 2 heterocycles. The highest BCUT2D eigenvalue weighted by Crippen LogP contribution is 2.45. The smallest absolute Gasteiger partial charge is 0.419 e. The molecule has 1 aromatic carbocycles. The number of aromatic nitrogens is 3. The molecule has 3 aromatic rings. The van der Waals surface area contributed by atoms with Crippen LogP contribution in [0, 0.1) is 5.92 Å². The van der Waals surface area contributed by atoms with Crippen molar-refractivity contribution < 1.29 is 19.1 Å². The van der Waals surface area contributed by atoms with Gasteiger partial charge in [-0.1, -0.05) is 18.2 Å². The average Bonchev–Trinajstić information content (AvgIpc) is 3.36. The minimum Gasteiger partial charge on any atom is -0.443 e. The van der Waals surface area contributed by atoms with Gasteiger partial charge in [0.2, 0.25) is 0 Å². The molecule has 2 aliphatic rings. The lowest BCUT2D eigenvalue weighted by Gasteiger charge is -2.38. The van der Waals surface area contributed by atoms with Gasteiger partial charge in [-0.25, -0.2) is 14.5 Å². The Kier molecular flexibility index (Phi) is 6.32. The largest absolute Gasteiger partial charge is 0.443 e. The minimum atomic E-state index is -0.702. The van der Waals surface area contributed by atoms with Gasteiger partial charge in [0.1, 0.15) is 11.2 Å². The topological polar surface area (TPSA) is 78.6 Å². The van der Waals surface area contributed by atoms with Crippen LogP contribution in [0.4, 0.5) is 9.59 Å². The Bertz CT molecular complexity index is 1270. The van der Waals surface area contributed by atoms with Gasteiger partial charge in [-0.05, 0) is 90.7 Å². The number of carbonyl (C=O) groups excluding carboxylic acids is 2. The van der Waals surface area contributed by atoms with Gasteiger partial charge < -0.3 is 14.0 Å². The summed E-state index contributed by atoms with van der Waals surface area (Å²) in [5, 5.41) is 6.25. The Labute approximate surface area is 218 Å². The van der Waals surface area contributed by atoms with E-state index in [4.69, 9.17) is 14.6 Å². The maximum Gasteiger partial charge on any atom is 0.419 e. The van der Waals surface area contributed by atoms with Crippen LogP contribution in [0.2, 0.25) is 0 Å². The van der Waals surface area contributed by atoms with Gasteiger partial charge >= 0.3 is 12.2 Å². The van der Waals surface area contributed by atoms with Gasteiger partial charge in [-0.2, -0.15) is 5.10 Å². The third-order valence-electron chi connectivity index (χ3n) is 6.82. The van der Waals surface area contributed by atoms with Crippen LogP contribution in [0.25, 0.3) is 16.6 Å². The number of nitrogens with zero attached hydrogens (tertiary/aromatic N) is 4. The molecule has 2 fully saturated rings. The number of fused-ring (bicyclic) bond motifs is 1. The lowest BCUT2D eigenvalue weighted by molar-refractivity contribution is -0.00641. The normalized spacial score (nSPS) is 19.9. The fourth-order valence-corrected chi connectivity index (χ4v) is 4.89. The van der Waals surface area contributed by atoms with E-state index in [1.165, 1.54) is 23.7 Å². The van der Waals surface area contributed by atoms with Crippen molar-refractivity contribution in [3.8, 4) is 5.69 Å². The summed E-state index contributed by atoms with van der Waals surface area (Å²) in [7, 11) is 0. The predicted octanol–water partition coefficient (Wildman–Crippen LogP) is 6.83. The molecule has 5 rings (SSSR count). The van der Waals surface area contributed by atoms with Crippen molar-refractivity contribution in [2.75, 3.05) is 6.54 Å². The summed E-state index contributed by atoms with van der Waals surface area (Å²) in [4.78, 5) is 26.8. The second-order valence-electron chi connectivity index (χ2n) is 12.5. The Morgan fingerprint density at radius 2 is 1.59 bits per heavy atom. The molecule has 0 bridgehead atoms. The van der Waals surface area contributed by atoms with Gasteiger partial charge in [0.05, 0.1) is 22.9 Å². The van der Waals surface area contributed by atoms with Crippen LogP contribution < -0.4 is 0 Å². The number of rotatable bonds is 5. The highest BCUT2D eigenvalue weighted by atomic mass is 16.6. The first kappa shape index (κ1) is 25.4. The number of hydrogen-bond acceptors (Lipinski definition) is 5. The minimum absolute atomic E-state index is 0.162. The van der Waals surface area contributed by atoms with Crippen LogP contribution in [0.15, 0.2) is 42.7 Å². The second-order valence-corrected chi connectivity index (χ2v) is 12.5. The lowest BCUT2D eigenvalue weighted by atomic mass is 9.80. The molecule has 0 unspecified atom stereocenters. The Balaban J connectivity index is 1.31. The first-order valence-electron chi connectivity index (χ1n) is 13.3. The number of hydrogen-bond donors (Lipinski definition) is 0. The molecule has 2 aromatic heterocycles. The van der Waals surface area contributed by atoms with Crippen molar-refractivity contribution in [1.29, 1.82) is 0 Å². The van der Waals surface area contributed by atoms with E-state index in [2.05, 4.69) is 52.0 Å². The molecular formula is C29H38N4O4. The van der Waals surface area contributed by atoms with E-state index in [1.54, 1.807) is 41.5 Å². The zero-order chi connectivity index (χ0) is 26.5. The average molecular weight is 507 g/mol. The summed E-state index contributed by atoms with van der Waals surface area (Å²) in [5.74, 6) is 0.678. The van der Waals surface area contributed by atoms with Crippen molar-refractivity contribution >= 4 is 23.1 Å². The summed E-state index contributed by atoms with van der Waals surface area (Å²) in [6.45, 7) is 11.0. The van der Waals surface area contributed by atoms with Crippen LogP contribution in [0.5, 0.6) is 0 Å². The summed E-state index contributed by atoms with van der Waals surface area (Å²) >= 11 is 0.